The summed E-state index contributed by atoms with van der Waals surface area (Å²) in [6.07, 6.45) is 0.739. The number of rotatable bonds is 5. The average molecular weight is 305 g/mol. The summed E-state index contributed by atoms with van der Waals surface area (Å²) in [7, 11) is 0. The molecule has 5 nitrogen and oxygen atoms in total. The summed E-state index contributed by atoms with van der Waals surface area (Å²) in [4.78, 5) is 16.2. The Labute approximate surface area is 128 Å². The number of carbonyl (C=O) groups excluding carboxylic acids is 1. The molecule has 2 rings (SSSR count). The third-order valence-electron chi connectivity index (χ3n) is 2.85. The summed E-state index contributed by atoms with van der Waals surface area (Å²) in [6.45, 7) is 3.36. The summed E-state index contributed by atoms with van der Waals surface area (Å²) >= 11 is 1.39. The summed E-state index contributed by atoms with van der Waals surface area (Å²) in [5, 5.41) is 17.0. The third kappa shape index (κ3) is 4.84. The van der Waals surface area contributed by atoms with Gasteiger partial charge in [-0.2, -0.15) is 0 Å². The van der Waals surface area contributed by atoms with E-state index in [-0.39, 0.29) is 12.6 Å². The second kappa shape index (κ2) is 6.69. The van der Waals surface area contributed by atoms with Gasteiger partial charge < -0.3 is 10.4 Å². The van der Waals surface area contributed by atoms with Crippen molar-refractivity contribution in [2.75, 3.05) is 11.9 Å². The molecule has 2 amide bonds. The van der Waals surface area contributed by atoms with E-state index in [1.807, 2.05) is 35.7 Å². The molecule has 0 bridgehead atoms. The second-order valence-electron chi connectivity index (χ2n) is 5.43. The SMILES string of the molecule is CC(C)(CO)NC(=O)Nc1nc(Cc2ccccc2)cs1. The van der Waals surface area contributed by atoms with Crippen LogP contribution in [0.4, 0.5) is 9.93 Å². The number of aliphatic hydroxyl groups excluding tert-OH is 1. The van der Waals surface area contributed by atoms with Crippen molar-refractivity contribution in [3.8, 4) is 0 Å². The van der Waals surface area contributed by atoms with Crippen molar-refractivity contribution in [3.05, 3.63) is 47.0 Å². The van der Waals surface area contributed by atoms with E-state index in [9.17, 15) is 4.79 Å². The lowest BCUT2D eigenvalue weighted by Crippen LogP contribution is -2.48. The van der Waals surface area contributed by atoms with Crippen molar-refractivity contribution in [2.24, 2.45) is 0 Å². The number of amides is 2. The van der Waals surface area contributed by atoms with Crippen molar-refractivity contribution >= 4 is 22.5 Å². The fourth-order valence-electron chi connectivity index (χ4n) is 1.73. The van der Waals surface area contributed by atoms with Crippen LogP contribution in [0.3, 0.4) is 0 Å². The van der Waals surface area contributed by atoms with Gasteiger partial charge in [-0.25, -0.2) is 9.78 Å². The van der Waals surface area contributed by atoms with Gasteiger partial charge in [-0.3, -0.25) is 5.32 Å². The Morgan fingerprint density at radius 3 is 2.71 bits per heavy atom. The molecule has 21 heavy (non-hydrogen) atoms. The monoisotopic (exact) mass is 305 g/mol. The molecule has 112 valence electrons. The molecule has 0 atom stereocenters. The minimum atomic E-state index is -0.659. The molecule has 0 spiro atoms. The van der Waals surface area contributed by atoms with E-state index < -0.39 is 5.54 Å². The first-order valence-corrected chi connectivity index (χ1v) is 7.55. The number of anilines is 1. The van der Waals surface area contributed by atoms with Crippen LogP contribution in [0.1, 0.15) is 25.1 Å². The van der Waals surface area contributed by atoms with Crippen molar-refractivity contribution in [1.82, 2.24) is 10.3 Å². The van der Waals surface area contributed by atoms with E-state index in [1.54, 1.807) is 13.8 Å². The van der Waals surface area contributed by atoms with E-state index in [0.29, 0.717) is 5.13 Å². The Bertz CT molecular complexity index is 596. The van der Waals surface area contributed by atoms with Crippen LogP contribution in [-0.2, 0) is 6.42 Å². The highest BCUT2D eigenvalue weighted by Gasteiger charge is 2.19. The Morgan fingerprint density at radius 2 is 2.05 bits per heavy atom. The van der Waals surface area contributed by atoms with E-state index in [1.165, 1.54) is 16.9 Å². The van der Waals surface area contributed by atoms with Gasteiger partial charge in [0, 0.05) is 11.8 Å². The summed E-state index contributed by atoms with van der Waals surface area (Å²) in [6, 6.07) is 9.68. The van der Waals surface area contributed by atoms with E-state index in [2.05, 4.69) is 15.6 Å². The van der Waals surface area contributed by atoms with Crippen LogP contribution < -0.4 is 10.6 Å². The average Bonchev–Trinajstić information content (AvgIpc) is 2.86. The number of aromatic nitrogens is 1. The maximum atomic E-state index is 11.8. The number of hydrogen-bond donors (Lipinski definition) is 3. The van der Waals surface area contributed by atoms with Gasteiger partial charge in [0.25, 0.3) is 0 Å². The molecule has 0 radical (unpaired) electrons. The van der Waals surface area contributed by atoms with Crippen molar-refractivity contribution < 1.29 is 9.90 Å². The minimum Gasteiger partial charge on any atom is -0.394 e. The lowest BCUT2D eigenvalue weighted by molar-refractivity contribution is 0.187. The normalized spacial score (nSPS) is 11.2. The van der Waals surface area contributed by atoms with Crippen molar-refractivity contribution in [2.45, 2.75) is 25.8 Å². The fraction of sp³-hybridized carbons (Fsp3) is 0.333. The molecular weight excluding hydrogens is 286 g/mol. The van der Waals surface area contributed by atoms with Crippen molar-refractivity contribution in [1.29, 1.82) is 0 Å². The van der Waals surface area contributed by atoms with Gasteiger partial charge in [-0.15, -0.1) is 11.3 Å². The number of thiazole rings is 1. The molecule has 6 heteroatoms. The van der Waals surface area contributed by atoms with Crippen LogP contribution in [-0.4, -0.2) is 28.3 Å². The molecule has 1 aromatic carbocycles. The first kappa shape index (κ1) is 15.5. The molecule has 3 N–H and O–H groups in total. The Balaban J connectivity index is 1.93. The standard InChI is InChI=1S/C15H19N3O2S/c1-15(2,10-19)18-13(20)17-14-16-12(9-21-14)8-11-6-4-3-5-7-11/h3-7,9,19H,8,10H2,1-2H3,(H2,16,17,18,20). The van der Waals surface area contributed by atoms with E-state index in [0.717, 1.165) is 12.1 Å². The molecule has 0 fully saturated rings. The predicted octanol–water partition coefficient (Wildman–Crippen LogP) is 2.63. The lowest BCUT2D eigenvalue weighted by atomic mass is 10.1. The number of aliphatic hydroxyl groups is 1. The van der Waals surface area contributed by atoms with Crippen LogP contribution in [0.15, 0.2) is 35.7 Å². The van der Waals surface area contributed by atoms with Crippen LogP contribution >= 0.6 is 11.3 Å². The van der Waals surface area contributed by atoms with E-state index in [4.69, 9.17) is 5.11 Å². The molecule has 0 aliphatic heterocycles. The molecule has 0 aliphatic rings. The quantitative estimate of drug-likeness (QED) is 0.795. The molecule has 0 unspecified atom stereocenters. The Hall–Kier alpha value is -1.92. The summed E-state index contributed by atoms with van der Waals surface area (Å²) in [5.41, 5.74) is 1.44. The molecule has 0 saturated carbocycles. The van der Waals surface area contributed by atoms with Crippen LogP contribution in [0.25, 0.3) is 0 Å². The molecule has 0 aliphatic carbocycles. The third-order valence-corrected chi connectivity index (χ3v) is 3.65. The first-order chi connectivity index (χ1) is 9.98. The maximum Gasteiger partial charge on any atom is 0.321 e. The second-order valence-corrected chi connectivity index (χ2v) is 6.29. The van der Waals surface area contributed by atoms with E-state index >= 15 is 0 Å². The lowest BCUT2D eigenvalue weighted by Gasteiger charge is -2.23. The maximum absolute atomic E-state index is 11.8. The van der Waals surface area contributed by atoms with Gasteiger partial charge in [0.1, 0.15) is 0 Å². The topological polar surface area (TPSA) is 74.2 Å². The van der Waals surface area contributed by atoms with Gasteiger partial charge in [0.05, 0.1) is 17.8 Å². The smallest absolute Gasteiger partial charge is 0.321 e. The van der Waals surface area contributed by atoms with Gasteiger partial charge >= 0.3 is 6.03 Å². The Morgan fingerprint density at radius 1 is 1.33 bits per heavy atom. The highest BCUT2D eigenvalue weighted by molar-refractivity contribution is 7.13. The summed E-state index contributed by atoms with van der Waals surface area (Å²) < 4.78 is 0. The zero-order valence-corrected chi connectivity index (χ0v) is 12.9. The number of nitrogens with one attached hydrogen (secondary N) is 2. The van der Waals surface area contributed by atoms with Crippen LogP contribution in [0.5, 0.6) is 0 Å². The van der Waals surface area contributed by atoms with Gasteiger partial charge in [-0.1, -0.05) is 30.3 Å². The number of carbonyl (C=O) groups is 1. The van der Waals surface area contributed by atoms with Gasteiger partial charge in [0.2, 0.25) is 0 Å². The first-order valence-electron chi connectivity index (χ1n) is 6.67. The van der Waals surface area contributed by atoms with Crippen LogP contribution in [0, 0.1) is 0 Å². The molecular formula is C15H19N3O2S. The van der Waals surface area contributed by atoms with Crippen molar-refractivity contribution in [3.63, 3.8) is 0 Å². The zero-order valence-electron chi connectivity index (χ0n) is 12.1. The van der Waals surface area contributed by atoms with Crippen LogP contribution in [0.2, 0.25) is 0 Å². The number of urea groups is 1. The van der Waals surface area contributed by atoms with Gasteiger partial charge in [-0.05, 0) is 19.4 Å². The number of benzene rings is 1. The highest BCUT2D eigenvalue weighted by atomic mass is 32.1. The highest BCUT2D eigenvalue weighted by Crippen LogP contribution is 2.18. The molecule has 1 aromatic heterocycles. The number of nitrogens with zero attached hydrogens (tertiary/aromatic N) is 1. The molecule has 0 saturated heterocycles. The Kier molecular flexibility index (Phi) is 4.93. The minimum absolute atomic E-state index is 0.127. The molecule has 2 aromatic rings. The fourth-order valence-corrected chi connectivity index (χ4v) is 2.43. The van der Waals surface area contributed by atoms with Gasteiger partial charge in [0.15, 0.2) is 5.13 Å². The predicted molar refractivity (Wildman–Crippen MR) is 84.7 cm³/mol. The molecule has 1 heterocycles. The summed E-state index contributed by atoms with van der Waals surface area (Å²) in [5.74, 6) is 0. The zero-order chi connectivity index (χ0) is 15.3. The number of hydrogen-bond acceptors (Lipinski definition) is 4. The largest absolute Gasteiger partial charge is 0.394 e.